The number of hydrogen-bond acceptors (Lipinski definition) is 2. The maximum atomic E-state index is 5.49. The molecule has 0 aliphatic carbocycles. The zero-order chi connectivity index (χ0) is 13.7. The molecule has 0 amide bonds. The van der Waals surface area contributed by atoms with E-state index in [1.54, 1.807) is 0 Å². The standard InChI is InChI=1S/C17H27NO/c1-4-18-17(16-5-7-19-8-6-16)12-15-10-13(2)9-14(3)11-15/h9-11,16-18H,4-8,12H2,1-3H3. The molecule has 2 nitrogen and oxygen atoms in total. The van der Waals surface area contributed by atoms with Crippen molar-refractivity contribution in [2.75, 3.05) is 19.8 Å². The van der Waals surface area contributed by atoms with Crippen LogP contribution < -0.4 is 5.32 Å². The smallest absolute Gasteiger partial charge is 0.0469 e. The average molecular weight is 261 g/mol. The van der Waals surface area contributed by atoms with Crippen molar-refractivity contribution in [3.63, 3.8) is 0 Å². The van der Waals surface area contributed by atoms with Crippen molar-refractivity contribution in [3.05, 3.63) is 34.9 Å². The molecule has 19 heavy (non-hydrogen) atoms. The lowest BCUT2D eigenvalue weighted by Gasteiger charge is -2.31. The molecule has 1 heterocycles. The summed E-state index contributed by atoms with van der Waals surface area (Å²) in [5.74, 6) is 0.759. The molecule has 106 valence electrons. The first-order valence-electron chi connectivity index (χ1n) is 7.57. The van der Waals surface area contributed by atoms with Gasteiger partial charge in [-0.3, -0.25) is 0 Å². The number of hydrogen-bond donors (Lipinski definition) is 1. The highest BCUT2D eigenvalue weighted by atomic mass is 16.5. The maximum Gasteiger partial charge on any atom is 0.0469 e. The Hall–Kier alpha value is -0.860. The van der Waals surface area contributed by atoms with Gasteiger partial charge in [0.05, 0.1) is 0 Å². The summed E-state index contributed by atoms with van der Waals surface area (Å²) in [6, 6.07) is 7.50. The third-order valence-electron chi connectivity index (χ3n) is 4.04. The van der Waals surface area contributed by atoms with Crippen molar-refractivity contribution < 1.29 is 4.74 Å². The summed E-state index contributed by atoms with van der Waals surface area (Å²) in [4.78, 5) is 0. The van der Waals surface area contributed by atoms with Gasteiger partial charge < -0.3 is 10.1 Å². The summed E-state index contributed by atoms with van der Waals surface area (Å²) in [5.41, 5.74) is 4.21. The fourth-order valence-electron chi connectivity index (χ4n) is 3.23. The van der Waals surface area contributed by atoms with Crippen molar-refractivity contribution in [1.82, 2.24) is 5.32 Å². The van der Waals surface area contributed by atoms with Gasteiger partial charge in [0.2, 0.25) is 0 Å². The van der Waals surface area contributed by atoms with E-state index in [2.05, 4.69) is 44.3 Å². The van der Waals surface area contributed by atoms with Crippen molar-refractivity contribution in [2.45, 2.75) is 46.1 Å². The zero-order valence-electron chi connectivity index (χ0n) is 12.5. The van der Waals surface area contributed by atoms with Crippen LogP contribution in [0.25, 0.3) is 0 Å². The van der Waals surface area contributed by atoms with Gasteiger partial charge in [0.15, 0.2) is 0 Å². The van der Waals surface area contributed by atoms with E-state index in [4.69, 9.17) is 4.74 Å². The molecule has 2 rings (SSSR count). The molecule has 1 aliphatic rings. The lowest BCUT2D eigenvalue weighted by atomic mass is 9.87. The highest BCUT2D eigenvalue weighted by Crippen LogP contribution is 2.22. The molecule has 2 heteroatoms. The van der Waals surface area contributed by atoms with Crippen LogP contribution in [0.15, 0.2) is 18.2 Å². The van der Waals surface area contributed by atoms with Gasteiger partial charge in [-0.25, -0.2) is 0 Å². The molecule has 1 unspecified atom stereocenters. The molecule has 1 aromatic rings. The molecular formula is C17H27NO. The highest BCUT2D eigenvalue weighted by molar-refractivity contribution is 5.29. The maximum absolute atomic E-state index is 5.49. The van der Waals surface area contributed by atoms with Gasteiger partial charge in [-0.15, -0.1) is 0 Å². The van der Waals surface area contributed by atoms with E-state index < -0.39 is 0 Å². The summed E-state index contributed by atoms with van der Waals surface area (Å²) in [6.45, 7) is 9.49. The predicted molar refractivity (Wildman–Crippen MR) is 80.6 cm³/mol. The number of benzene rings is 1. The zero-order valence-corrected chi connectivity index (χ0v) is 12.5. The van der Waals surface area contributed by atoms with E-state index in [9.17, 15) is 0 Å². The van der Waals surface area contributed by atoms with Crippen molar-refractivity contribution in [2.24, 2.45) is 5.92 Å². The third kappa shape index (κ3) is 4.32. The molecule has 0 radical (unpaired) electrons. The fourth-order valence-corrected chi connectivity index (χ4v) is 3.23. The molecule has 0 spiro atoms. The Morgan fingerprint density at radius 1 is 1.16 bits per heavy atom. The van der Waals surface area contributed by atoms with Crippen LogP contribution in [0.1, 0.15) is 36.5 Å². The van der Waals surface area contributed by atoms with E-state index in [0.717, 1.165) is 32.1 Å². The molecule has 1 atom stereocenters. The number of aryl methyl sites for hydroxylation is 2. The minimum Gasteiger partial charge on any atom is -0.381 e. The van der Waals surface area contributed by atoms with E-state index in [-0.39, 0.29) is 0 Å². The Morgan fingerprint density at radius 2 is 1.79 bits per heavy atom. The Bertz CT molecular complexity index is 376. The number of nitrogens with one attached hydrogen (secondary N) is 1. The van der Waals surface area contributed by atoms with Gasteiger partial charge in [0.25, 0.3) is 0 Å². The average Bonchev–Trinajstić information content (AvgIpc) is 2.38. The third-order valence-corrected chi connectivity index (χ3v) is 4.04. The molecular weight excluding hydrogens is 234 g/mol. The second kappa shape index (κ2) is 7.06. The molecule has 1 N–H and O–H groups in total. The first kappa shape index (κ1) is 14.5. The van der Waals surface area contributed by atoms with Gasteiger partial charge in [-0.05, 0) is 51.1 Å². The van der Waals surface area contributed by atoms with Crippen LogP contribution in [0.5, 0.6) is 0 Å². The van der Waals surface area contributed by atoms with Gasteiger partial charge in [0.1, 0.15) is 0 Å². The quantitative estimate of drug-likeness (QED) is 0.878. The first-order chi connectivity index (χ1) is 9.19. The topological polar surface area (TPSA) is 21.3 Å². The van der Waals surface area contributed by atoms with Gasteiger partial charge in [-0.2, -0.15) is 0 Å². The molecule has 0 bridgehead atoms. The number of ether oxygens (including phenoxy) is 1. The van der Waals surface area contributed by atoms with Gasteiger partial charge in [-0.1, -0.05) is 36.2 Å². The van der Waals surface area contributed by atoms with Crippen molar-refractivity contribution >= 4 is 0 Å². The Morgan fingerprint density at radius 3 is 2.37 bits per heavy atom. The Balaban J connectivity index is 2.06. The number of rotatable bonds is 5. The fraction of sp³-hybridized carbons (Fsp3) is 0.647. The van der Waals surface area contributed by atoms with E-state index >= 15 is 0 Å². The van der Waals surface area contributed by atoms with E-state index in [1.165, 1.54) is 29.5 Å². The highest BCUT2D eigenvalue weighted by Gasteiger charge is 2.23. The summed E-state index contributed by atoms with van der Waals surface area (Å²) in [7, 11) is 0. The van der Waals surface area contributed by atoms with Crippen LogP contribution in [-0.4, -0.2) is 25.8 Å². The minimum absolute atomic E-state index is 0.593. The lowest BCUT2D eigenvalue weighted by molar-refractivity contribution is 0.0540. The normalized spacial score (nSPS) is 18.5. The lowest BCUT2D eigenvalue weighted by Crippen LogP contribution is -2.40. The largest absolute Gasteiger partial charge is 0.381 e. The van der Waals surface area contributed by atoms with Crippen LogP contribution in [0.2, 0.25) is 0 Å². The second-order valence-corrected chi connectivity index (χ2v) is 5.81. The van der Waals surface area contributed by atoms with Crippen LogP contribution in [0, 0.1) is 19.8 Å². The molecule has 0 saturated carbocycles. The summed E-state index contributed by atoms with van der Waals surface area (Å²) >= 11 is 0. The van der Waals surface area contributed by atoms with Crippen molar-refractivity contribution in [3.8, 4) is 0 Å². The summed E-state index contributed by atoms with van der Waals surface area (Å²) in [5, 5.41) is 3.68. The molecule has 0 aromatic heterocycles. The molecule has 1 saturated heterocycles. The molecule has 1 aliphatic heterocycles. The number of likely N-dealkylation sites (N-methyl/N-ethyl adjacent to an activating group) is 1. The van der Waals surface area contributed by atoms with Crippen molar-refractivity contribution in [1.29, 1.82) is 0 Å². The summed E-state index contributed by atoms with van der Waals surface area (Å²) in [6.07, 6.45) is 3.53. The van der Waals surface area contributed by atoms with Crippen LogP contribution in [0.4, 0.5) is 0 Å². The Kier molecular flexibility index (Phi) is 5.41. The monoisotopic (exact) mass is 261 g/mol. The van der Waals surface area contributed by atoms with E-state index in [1.807, 2.05) is 0 Å². The SMILES string of the molecule is CCNC(Cc1cc(C)cc(C)c1)C1CCOCC1. The first-order valence-corrected chi connectivity index (χ1v) is 7.57. The summed E-state index contributed by atoms with van der Waals surface area (Å²) < 4.78 is 5.49. The van der Waals surface area contributed by atoms with Gasteiger partial charge in [0, 0.05) is 19.3 Å². The van der Waals surface area contributed by atoms with Crippen LogP contribution >= 0.6 is 0 Å². The Labute approximate surface area is 117 Å². The van der Waals surface area contributed by atoms with E-state index in [0.29, 0.717) is 6.04 Å². The van der Waals surface area contributed by atoms with Gasteiger partial charge >= 0.3 is 0 Å². The second-order valence-electron chi connectivity index (χ2n) is 5.81. The van der Waals surface area contributed by atoms with Crippen LogP contribution in [0.3, 0.4) is 0 Å². The molecule has 1 fully saturated rings. The predicted octanol–water partition coefficient (Wildman–Crippen LogP) is 3.25. The van der Waals surface area contributed by atoms with Crippen LogP contribution in [-0.2, 0) is 11.2 Å². The minimum atomic E-state index is 0.593. The molecule has 1 aromatic carbocycles.